The molecular weight excluding hydrogens is 589 g/mol. The lowest BCUT2D eigenvalue weighted by Crippen LogP contribution is -2.49. The molecule has 2 aliphatic rings. The fourth-order valence-corrected chi connectivity index (χ4v) is 6.33. The summed E-state index contributed by atoms with van der Waals surface area (Å²) >= 11 is 14.8. The number of carbonyl (C=O) groups is 2. The minimum absolute atomic E-state index is 0.0738. The van der Waals surface area contributed by atoms with Crippen LogP contribution in [0.5, 0.6) is 11.5 Å². The molecule has 0 unspecified atom stereocenters. The predicted octanol–water partition coefficient (Wildman–Crippen LogP) is 5.43. The lowest BCUT2D eigenvalue weighted by Gasteiger charge is -2.37. The van der Waals surface area contributed by atoms with Crippen molar-refractivity contribution in [3.05, 3.63) is 57.1 Å². The van der Waals surface area contributed by atoms with E-state index < -0.39 is 6.03 Å². The summed E-state index contributed by atoms with van der Waals surface area (Å²) in [6.45, 7) is 3.83. The third-order valence-corrected chi connectivity index (χ3v) is 8.47. The first-order chi connectivity index (χ1) is 19.8. The van der Waals surface area contributed by atoms with Crippen LogP contribution in [0.4, 0.5) is 22.2 Å². The van der Waals surface area contributed by atoms with E-state index in [0.29, 0.717) is 34.5 Å². The highest BCUT2D eigenvalue weighted by Crippen LogP contribution is 2.48. The monoisotopic (exact) mass is 617 g/mol. The second-order valence-corrected chi connectivity index (χ2v) is 11.1. The van der Waals surface area contributed by atoms with Crippen molar-refractivity contribution in [2.75, 3.05) is 29.3 Å². The molecule has 2 aromatic heterocycles. The smallest absolute Gasteiger partial charge is 0.330 e. The fraction of sp³-hybridized carbons (Fsp3) is 0.370. The molecule has 1 fully saturated rings. The number of hydrogen-bond donors (Lipinski definition) is 2. The van der Waals surface area contributed by atoms with Crippen molar-refractivity contribution in [2.45, 2.75) is 50.9 Å². The van der Waals surface area contributed by atoms with Crippen LogP contribution in [0.3, 0.4) is 0 Å². The van der Waals surface area contributed by atoms with Gasteiger partial charge in [0.05, 0.1) is 44.2 Å². The van der Waals surface area contributed by atoms with Crippen LogP contribution in [-0.4, -0.2) is 53.2 Å². The molecule has 1 aromatic carbocycles. The normalized spacial score (nSPS) is 18.5. The van der Waals surface area contributed by atoms with E-state index in [-0.39, 0.29) is 46.8 Å². The minimum Gasteiger partial charge on any atom is -0.495 e. The van der Waals surface area contributed by atoms with E-state index in [1.807, 2.05) is 5.38 Å². The van der Waals surface area contributed by atoms with Gasteiger partial charge in [-0.15, -0.1) is 11.3 Å². The van der Waals surface area contributed by atoms with Gasteiger partial charge in [-0.1, -0.05) is 42.6 Å². The maximum Gasteiger partial charge on any atom is 0.330 e. The highest BCUT2D eigenvalue weighted by Gasteiger charge is 2.37. The first-order valence-corrected chi connectivity index (χ1v) is 14.7. The summed E-state index contributed by atoms with van der Waals surface area (Å²) in [5, 5.41) is 8.60. The molecule has 5 rings (SSSR count). The molecule has 1 saturated carbocycles. The van der Waals surface area contributed by atoms with Crippen LogP contribution in [-0.2, 0) is 17.9 Å². The first-order valence-electron chi connectivity index (χ1n) is 13.0. The van der Waals surface area contributed by atoms with Gasteiger partial charge in [0.15, 0.2) is 0 Å². The van der Waals surface area contributed by atoms with Crippen LogP contribution >= 0.6 is 34.5 Å². The van der Waals surface area contributed by atoms with E-state index in [1.54, 1.807) is 17.8 Å². The van der Waals surface area contributed by atoms with E-state index in [1.165, 1.54) is 41.4 Å². The van der Waals surface area contributed by atoms with Gasteiger partial charge in [0.1, 0.15) is 27.4 Å². The van der Waals surface area contributed by atoms with E-state index in [2.05, 4.69) is 27.2 Å². The van der Waals surface area contributed by atoms with Gasteiger partial charge in [-0.25, -0.2) is 14.8 Å². The molecule has 216 valence electrons. The summed E-state index contributed by atoms with van der Waals surface area (Å²) in [5.74, 6) is 1.21. The van der Waals surface area contributed by atoms with Gasteiger partial charge in [-0.05, 0) is 18.9 Å². The maximum absolute atomic E-state index is 14.1. The van der Waals surface area contributed by atoms with Gasteiger partial charge >= 0.3 is 6.03 Å². The van der Waals surface area contributed by atoms with Crippen LogP contribution in [0.15, 0.2) is 35.8 Å². The Balaban J connectivity index is 1.52. The molecule has 0 radical (unpaired) electrons. The molecule has 0 bridgehead atoms. The Bertz CT molecular complexity index is 1430. The van der Waals surface area contributed by atoms with Crippen molar-refractivity contribution < 1.29 is 19.1 Å². The SMILES string of the molecule is C=CC(=O)N[C@@H]1CCCC[C@@H]1Nc1ncc2c(n1)N(Cc1cscn1)C(=O)N(c1c(Cl)c(OC)cc(OC)c1Cl)C2. The van der Waals surface area contributed by atoms with Crippen LogP contribution in [0, 0.1) is 0 Å². The van der Waals surface area contributed by atoms with Gasteiger partial charge in [0.2, 0.25) is 11.9 Å². The standard InChI is InChI=1S/C27H29Cl2N7O4S/c1-4-21(37)32-17-7-5-6-8-18(17)33-26-30-10-15-11-35(24-22(28)19(39-2)9-20(40-3)23(24)29)27(38)36(25(15)34-26)12-16-13-41-14-31-16/h4,9-10,13-14,17-18H,1,5-8,11-12H2,2-3H3,(H,32,37)(H,30,33,34)/t17-,18+/m1/s1. The number of anilines is 3. The Morgan fingerprint density at radius 2 is 1.88 bits per heavy atom. The van der Waals surface area contributed by atoms with Gasteiger partial charge in [-0.2, -0.15) is 4.98 Å². The molecule has 2 atom stereocenters. The Morgan fingerprint density at radius 1 is 1.17 bits per heavy atom. The van der Waals surface area contributed by atoms with Crippen molar-refractivity contribution >= 4 is 63.9 Å². The molecule has 11 nitrogen and oxygen atoms in total. The average molecular weight is 619 g/mol. The van der Waals surface area contributed by atoms with Gasteiger partial charge in [-0.3, -0.25) is 14.6 Å². The lowest BCUT2D eigenvalue weighted by atomic mass is 9.90. The van der Waals surface area contributed by atoms with Crippen LogP contribution in [0.1, 0.15) is 36.9 Å². The summed E-state index contributed by atoms with van der Waals surface area (Å²) in [5.41, 5.74) is 3.34. The minimum atomic E-state index is -0.400. The molecule has 0 saturated heterocycles. The molecular formula is C27H29Cl2N7O4S. The molecule has 2 N–H and O–H groups in total. The van der Waals surface area contributed by atoms with Crippen molar-refractivity contribution in [1.82, 2.24) is 20.3 Å². The fourth-order valence-electron chi connectivity index (χ4n) is 5.08. The molecule has 1 aliphatic heterocycles. The highest BCUT2D eigenvalue weighted by atomic mass is 35.5. The number of aromatic nitrogens is 3. The zero-order chi connectivity index (χ0) is 29.1. The van der Waals surface area contributed by atoms with Crippen LogP contribution < -0.4 is 29.9 Å². The quantitative estimate of drug-likeness (QED) is 0.305. The number of carbonyl (C=O) groups excluding carboxylic acids is 2. The van der Waals surface area contributed by atoms with E-state index in [0.717, 1.165) is 25.7 Å². The third-order valence-electron chi connectivity index (χ3n) is 7.11. The molecule has 0 spiro atoms. The topological polar surface area (TPSA) is 122 Å². The number of thiazole rings is 1. The number of hydrogen-bond acceptors (Lipinski definition) is 9. The molecule has 3 heterocycles. The Kier molecular flexibility index (Phi) is 8.81. The first kappa shape index (κ1) is 28.9. The van der Waals surface area contributed by atoms with Crippen LogP contribution in [0.25, 0.3) is 0 Å². The van der Waals surface area contributed by atoms with Gasteiger partial charge < -0.3 is 20.1 Å². The Morgan fingerprint density at radius 3 is 2.51 bits per heavy atom. The van der Waals surface area contributed by atoms with E-state index in [4.69, 9.17) is 37.7 Å². The number of ether oxygens (including phenoxy) is 2. The molecule has 3 amide bonds. The largest absolute Gasteiger partial charge is 0.495 e. The third kappa shape index (κ3) is 5.90. The van der Waals surface area contributed by atoms with Crippen molar-refractivity contribution in [1.29, 1.82) is 0 Å². The molecule has 41 heavy (non-hydrogen) atoms. The van der Waals surface area contributed by atoms with Crippen molar-refractivity contribution in [2.24, 2.45) is 0 Å². The zero-order valence-electron chi connectivity index (χ0n) is 22.5. The number of methoxy groups -OCH3 is 2. The van der Waals surface area contributed by atoms with E-state index >= 15 is 0 Å². The second kappa shape index (κ2) is 12.5. The van der Waals surface area contributed by atoms with Gasteiger partial charge in [0.25, 0.3) is 0 Å². The zero-order valence-corrected chi connectivity index (χ0v) is 24.9. The van der Waals surface area contributed by atoms with Crippen molar-refractivity contribution in [3.8, 4) is 11.5 Å². The summed E-state index contributed by atoms with van der Waals surface area (Å²) in [6.07, 6.45) is 6.64. The summed E-state index contributed by atoms with van der Waals surface area (Å²) in [4.78, 5) is 42.8. The number of urea groups is 1. The maximum atomic E-state index is 14.1. The number of rotatable bonds is 9. The van der Waals surface area contributed by atoms with Gasteiger partial charge in [0, 0.05) is 35.3 Å². The number of halogens is 2. The lowest BCUT2D eigenvalue weighted by molar-refractivity contribution is -0.117. The summed E-state index contributed by atoms with van der Waals surface area (Å²) < 4.78 is 10.8. The highest BCUT2D eigenvalue weighted by molar-refractivity contribution is 7.07. The number of fused-ring (bicyclic) bond motifs is 1. The second-order valence-electron chi connectivity index (χ2n) is 9.59. The summed E-state index contributed by atoms with van der Waals surface area (Å²) in [7, 11) is 2.95. The van der Waals surface area contributed by atoms with E-state index in [9.17, 15) is 9.59 Å². The van der Waals surface area contributed by atoms with Crippen LogP contribution in [0.2, 0.25) is 10.0 Å². The molecule has 1 aliphatic carbocycles. The average Bonchev–Trinajstić information content (AvgIpc) is 3.50. The Labute approximate surface area is 251 Å². The Hall–Kier alpha value is -3.61. The number of amides is 3. The summed E-state index contributed by atoms with van der Waals surface area (Å²) in [6, 6.07) is 1.00. The van der Waals surface area contributed by atoms with Crippen molar-refractivity contribution in [3.63, 3.8) is 0 Å². The molecule has 3 aromatic rings. The molecule has 14 heteroatoms. The number of nitrogens with one attached hydrogen (secondary N) is 2. The predicted molar refractivity (Wildman–Crippen MR) is 159 cm³/mol. The number of nitrogens with zero attached hydrogens (tertiary/aromatic N) is 5. The number of benzene rings is 1.